The third-order valence-electron chi connectivity index (χ3n) is 10.6. The average Bonchev–Trinajstić information content (AvgIpc) is 3.22. The van der Waals surface area contributed by atoms with E-state index in [-0.39, 0.29) is 19.4 Å². The molecule has 0 radical (unpaired) electrons. The molecule has 1 unspecified atom stereocenters. The molecule has 3 N–H and O–H groups in total. The Balaban J connectivity index is 4.20. The number of ether oxygens (including phenoxy) is 2. The number of unbranched alkanes of at least 4 members (excludes halogenated alkanes) is 28. The van der Waals surface area contributed by atoms with Crippen molar-refractivity contribution < 1.29 is 47.8 Å². The molecule has 0 spiro atoms. The van der Waals surface area contributed by atoms with E-state index < -0.39 is 51.8 Å². The van der Waals surface area contributed by atoms with Crippen LogP contribution in [0.2, 0.25) is 0 Å². The lowest BCUT2D eigenvalue weighted by Gasteiger charge is -2.20. The number of rotatable bonds is 46. The summed E-state index contributed by atoms with van der Waals surface area (Å²) in [5.41, 5.74) is 0. The van der Waals surface area contributed by atoms with Crippen molar-refractivity contribution in [3.8, 4) is 0 Å². The summed E-state index contributed by atoms with van der Waals surface area (Å²) in [6.45, 7) is 2.37. The maximum atomic E-state index is 12.6. The minimum atomic E-state index is -4.63. The number of phosphoric ester groups is 1. The third kappa shape index (κ3) is 44.3. The summed E-state index contributed by atoms with van der Waals surface area (Å²) in [6.07, 6.45) is 45.9. The predicted molar refractivity (Wildman–Crippen MR) is 242 cm³/mol. The molecule has 0 aromatic heterocycles. The molecule has 0 fully saturated rings. The zero-order valence-corrected chi connectivity index (χ0v) is 38.9. The van der Waals surface area contributed by atoms with Gasteiger partial charge in [-0.2, -0.15) is 0 Å². The fourth-order valence-corrected chi connectivity index (χ4v) is 7.62. The largest absolute Gasteiger partial charge is 0.472 e. The molecule has 0 aliphatic rings. The van der Waals surface area contributed by atoms with E-state index in [1.165, 1.54) is 161 Å². The topological polar surface area (TPSA) is 149 Å². The molecule has 348 valence electrons. The van der Waals surface area contributed by atoms with Crippen LogP contribution in [0.15, 0.2) is 24.3 Å². The maximum absolute atomic E-state index is 12.6. The van der Waals surface area contributed by atoms with Crippen molar-refractivity contribution >= 4 is 19.8 Å². The third-order valence-corrected chi connectivity index (χ3v) is 11.5. The second-order valence-corrected chi connectivity index (χ2v) is 17.9. The average molecular weight is 859 g/mol. The van der Waals surface area contributed by atoms with Gasteiger partial charge in [0.2, 0.25) is 0 Å². The molecule has 0 aromatic rings. The van der Waals surface area contributed by atoms with Gasteiger partial charge in [0.05, 0.1) is 19.8 Å². The summed E-state index contributed by atoms with van der Waals surface area (Å²) in [5.74, 6) is -0.973. The van der Waals surface area contributed by atoms with E-state index in [2.05, 4.69) is 32.1 Å². The maximum Gasteiger partial charge on any atom is 0.472 e. The van der Waals surface area contributed by atoms with E-state index in [1.54, 1.807) is 0 Å². The Bertz CT molecular complexity index is 1040. The number of esters is 2. The number of allylic oxidation sites excluding steroid dienone is 4. The molecule has 10 nitrogen and oxygen atoms in total. The van der Waals surface area contributed by atoms with Gasteiger partial charge in [-0.1, -0.05) is 192 Å². The Hall–Kier alpha value is -1.55. The van der Waals surface area contributed by atoms with Crippen LogP contribution in [-0.4, -0.2) is 65.7 Å². The van der Waals surface area contributed by atoms with Crippen molar-refractivity contribution in [1.82, 2.24) is 0 Å². The summed E-state index contributed by atoms with van der Waals surface area (Å²) in [5, 5.41) is 18.4. The van der Waals surface area contributed by atoms with Crippen LogP contribution >= 0.6 is 7.82 Å². The van der Waals surface area contributed by atoms with E-state index in [4.69, 9.17) is 23.6 Å². The lowest BCUT2D eigenvalue weighted by atomic mass is 10.0. The van der Waals surface area contributed by atoms with Gasteiger partial charge >= 0.3 is 19.8 Å². The number of phosphoric acid groups is 1. The van der Waals surface area contributed by atoms with Crippen molar-refractivity contribution in [2.75, 3.05) is 26.4 Å². The van der Waals surface area contributed by atoms with E-state index in [0.29, 0.717) is 12.8 Å². The van der Waals surface area contributed by atoms with E-state index in [0.717, 1.165) is 32.1 Å². The van der Waals surface area contributed by atoms with Crippen LogP contribution in [0.3, 0.4) is 0 Å². The zero-order chi connectivity index (χ0) is 43.3. The minimum Gasteiger partial charge on any atom is -0.462 e. The summed E-state index contributed by atoms with van der Waals surface area (Å²) < 4.78 is 32.7. The van der Waals surface area contributed by atoms with E-state index in [9.17, 15) is 24.2 Å². The second-order valence-electron chi connectivity index (χ2n) is 16.5. The zero-order valence-electron chi connectivity index (χ0n) is 38.0. The van der Waals surface area contributed by atoms with Gasteiger partial charge in [0, 0.05) is 12.8 Å². The van der Waals surface area contributed by atoms with Crippen molar-refractivity contribution in [3.63, 3.8) is 0 Å². The SMILES string of the molecule is CCCCCCCC/C=C/CCCCCCCCCCCCCC(=O)OC[C@@H](COP(=O)(O)OC[C@H](O)CO)OC(=O)CC/C=C/CCCCCCCCCCCCC. The van der Waals surface area contributed by atoms with Gasteiger partial charge in [0.25, 0.3) is 0 Å². The molecule has 59 heavy (non-hydrogen) atoms. The molecular formula is C48H91O10P. The van der Waals surface area contributed by atoms with Gasteiger partial charge in [-0.15, -0.1) is 0 Å². The van der Waals surface area contributed by atoms with Crippen LogP contribution < -0.4 is 0 Å². The van der Waals surface area contributed by atoms with Crippen LogP contribution in [0, 0.1) is 0 Å². The normalized spacial score (nSPS) is 13.9. The summed E-state index contributed by atoms with van der Waals surface area (Å²) in [6, 6.07) is 0. The highest BCUT2D eigenvalue weighted by Crippen LogP contribution is 2.43. The van der Waals surface area contributed by atoms with Crippen molar-refractivity contribution in [1.29, 1.82) is 0 Å². The molecule has 0 saturated heterocycles. The van der Waals surface area contributed by atoms with Crippen LogP contribution in [-0.2, 0) is 32.7 Å². The Labute approximate surface area is 361 Å². The Morgan fingerprint density at radius 2 is 0.864 bits per heavy atom. The Kier molecular flexibility index (Phi) is 43.3. The molecule has 0 heterocycles. The first-order valence-corrected chi connectivity index (χ1v) is 25.8. The van der Waals surface area contributed by atoms with Gasteiger partial charge in [-0.05, 0) is 51.4 Å². The number of carbonyl (C=O) groups is 2. The van der Waals surface area contributed by atoms with Crippen LogP contribution in [0.1, 0.15) is 232 Å². The Morgan fingerprint density at radius 1 is 0.492 bits per heavy atom. The van der Waals surface area contributed by atoms with Gasteiger partial charge in [0.15, 0.2) is 6.10 Å². The lowest BCUT2D eigenvalue weighted by molar-refractivity contribution is -0.161. The minimum absolute atomic E-state index is 0.104. The summed E-state index contributed by atoms with van der Waals surface area (Å²) in [7, 11) is -4.63. The smallest absolute Gasteiger partial charge is 0.462 e. The van der Waals surface area contributed by atoms with E-state index in [1.807, 2.05) is 6.08 Å². The lowest BCUT2D eigenvalue weighted by Crippen LogP contribution is -2.29. The number of carbonyl (C=O) groups excluding carboxylic acids is 2. The van der Waals surface area contributed by atoms with Gasteiger partial charge in [0.1, 0.15) is 12.7 Å². The van der Waals surface area contributed by atoms with Gasteiger partial charge in [-0.25, -0.2) is 4.57 Å². The molecule has 0 bridgehead atoms. The number of hydrogen-bond acceptors (Lipinski definition) is 9. The fourth-order valence-electron chi connectivity index (χ4n) is 6.83. The predicted octanol–water partition coefficient (Wildman–Crippen LogP) is 13.3. The highest BCUT2D eigenvalue weighted by atomic mass is 31.2. The van der Waals surface area contributed by atoms with Crippen molar-refractivity contribution in [2.45, 2.75) is 244 Å². The van der Waals surface area contributed by atoms with Crippen LogP contribution in [0.5, 0.6) is 0 Å². The molecular weight excluding hydrogens is 767 g/mol. The quantitative estimate of drug-likeness (QED) is 0.0234. The second kappa shape index (κ2) is 44.5. The Morgan fingerprint density at radius 3 is 1.29 bits per heavy atom. The van der Waals surface area contributed by atoms with Crippen molar-refractivity contribution in [2.24, 2.45) is 0 Å². The first-order valence-electron chi connectivity index (χ1n) is 24.3. The number of aliphatic hydroxyl groups is 2. The van der Waals surface area contributed by atoms with Crippen LogP contribution in [0.4, 0.5) is 0 Å². The molecule has 0 aliphatic heterocycles. The first kappa shape index (κ1) is 57.4. The molecule has 0 aromatic carbocycles. The van der Waals surface area contributed by atoms with Crippen LogP contribution in [0.25, 0.3) is 0 Å². The monoisotopic (exact) mass is 859 g/mol. The standard InChI is InChI=1S/C48H91O10P/c1-3-5-7-9-11-13-15-17-19-20-21-22-23-24-26-27-29-31-33-35-37-39-47(51)55-43-46(44-57-59(53,54)56-42-45(50)41-49)58-48(52)40-38-36-34-32-30-28-25-18-16-14-12-10-8-6-4-2/h17,19,34,36,45-46,49-50H,3-16,18,20-33,35,37-44H2,1-2H3,(H,53,54)/b19-17+,36-34+/t45-,46+/m1/s1. The number of hydrogen-bond donors (Lipinski definition) is 3. The molecule has 0 saturated carbocycles. The number of aliphatic hydroxyl groups excluding tert-OH is 2. The molecule has 0 amide bonds. The molecule has 0 rings (SSSR count). The van der Waals surface area contributed by atoms with E-state index >= 15 is 0 Å². The molecule has 0 aliphatic carbocycles. The van der Waals surface area contributed by atoms with Gasteiger partial charge < -0.3 is 24.6 Å². The fraction of sp³-hybridized carbons (Fsp3) is 0.875. The first-order chi connectivity index (χ1) is 28.7. The van der Waals surface area contributed by atoms with Crippen molar-refractivity contribution in [3.05, 3.63) is 24.3 Å². The molecule has 11 heteroatoms. The summed E-state index contributed by atoms with van der Waals surface area (Å²) in [4.78, 5) is 35.1. The molecule has 3 atom stereocenters. The van der Waals surface area contributed by atoms with Gasteiger partial charge in [-0.3, -0.25) is 18.6 Å². The summed E-state index contributed by atoms with van der Waals surface area (Å²) >= 11 is 0. The highest BCUT2D eigenvalue weighted by molar-refractivity contribution is 7.47. The highest BCUT2D eigenvalue weighted by Gasteiger charge is 2.27.